The summed E-state index contributed by atoms with van der Waals surface area (Å²) < 4.78 is 16.5. The molecule has 26 heavy (non-hydrogen) atoms. The number of hydrogen-bond acceptors (Lipinski definition) is 9. The van der Waals surface area contributed by atoms with Gasteiger partial charge in [-0.25, -0.2) is 0 Å². The molecular weight excluding hydrogens is 348 g/mol. The van der Waals surface area contributed by atoms with Crippen LogP contribution in [0.15, 0.2) is 18.2 Å². The zero-order valence-electron chi connectivity index (χ0n) is 13.8. The van der Waals surface area contributed by atoms with Gasteiger partial charge in [0.2, 0.25) is 17.2 Å². The van der Waals surface area contributed by atoms with E-state index in [4.69, 9.17) is 14.2 Å². The number of phenols is 1. The highest BCUT2D eigenvalue weighted by Gasteiger charge is 2.90. The van der Waals surface area contributed by atoms with E-state index >= 15 is 0 Å². The number of aliphatic hydroxyl groups is 3. The van der Waals surface area contributed by atoms with Crippen molar-refractivity contribution in [2.75, 3.05) is 0 Å². The summed E-state index contributed by atoms with van der Waals surface area (Å²) in [6.45, 7) is 3.03. The molecule has 4 N–H and O–H groups in total. The Balaban J connectivity index is 1.77. The number of carbonyl (C=O) groups is 2. The molecule has 9 heteroatoms. The number of ketones is 2. The number of carbonyl (C=O) groups excluding carboxylic acids is 2. The monoisotopic (exact) mass is 364 g/mol. The molecule has 0 aromatic heterocycles. The molecule has 1 aromatic rings. The van der Waals surface area contributed by atoms with Crippen LogP contribution in [0.4, 0.5) is 0 Å². The van der Waals surface area contributed by atoms with Gasteiger partial charge in [0.15, 0.2) is 11.9 Å². The van der Waals surface area contributed by atoms with Crippen LogP contribution in [0.3, 0.4) is 0 Å². The van der Waals surface area contributed by atoms with Crippen LogP contribution in [0.1, 0.15) is 34.6 Å². The summed E-state index contributed by atoms with van der Waals surface area (Å²) in [5.74, 6) is -5.72. The molecule has 3 fully saturated rings. The number of phenolic OH excluding ortho intramolecular Hbond substituents is 1. The zero-order valence-corrected chi connectivity index (χ0v) is 13.8. The fraction of sp³-hybridized carbons (Fsp3) is 0.529. The number of epoxide rings is 1. The summed E-state index contributed by atoms with van der Waals surface area (Å²) in [6.07, 6.45) is -3.64. The highest BCUT2D eigenvalue weighted by atomic mass is 16.8. The van der Waals surface area contributed by atoms with Gasteiger partial charge in [0.05, 0.1) is 11.7 Å². The molecule has 0 amide bonds. The average molecular weight is 364 g/mol. The minimum absolute atomic E-state index is 0.265. The van der Waals surface area contributed by atoms with E-state index < -0.39 is 64.0 Å². The topological polar surface area (TPSA) is 146 Å². The van der Waals surface area contributed by atoms with E-state index in [1.807, 2.05) is 0 Å². The highest BCUT2D eigenvalue weighted by Crippen LogP contribution is 2.66. The third-order valence-electron chi connectivity index (χ3n) is 6.25. The van der Waals surface area contributed by atoms with Gasteiger partial charge in [-0.05, 0) is 19.9 Å². The van der Waals surface area contributed by atoms with Crippen molar-refractivity contribution in [1.29, 1.82) is 0 Å². The minimum atomic E-state index is -2.99. The second-order valence-electron chi connectivity index (χ2n) is 7.40. The number of aliphatic hydroxyl groups excluding tert-OH is 1. The third kappa shape index (κ3) is 1.30. The molecule has 1 aromatic carbocycles. The summed E-state index contributed by atoms with van der Waals surface area (Å²) in [6, 6.07) is 3.77. The van der Waals surface area contributed by atoms with Gasteiger partial charge in [0.1, 0.15) is 17.5 Å². The lowest BCUT2D eigenvalue weighted by Gasteiger charge is -2.40. The van der Waals surface area contributed by atoms with Gasteiger partial charge < -0.3 is 34.6 Å². The van der Waals surface area contributed by atoms with E-state index in [1.54, 1.807) is 6.92 Å². The van der Waals surface area contributed by atoms with Gasteiger partial charge in [-0.15, -0.1) is 0 Å². The molecule has 0 unspecified atom stereocenters. The molecule has 138 valence electrons. The number of benzene rings is 1. The first kappa shape index (κ1) is 16.3. The smallest absolute Gasteiger partial charge is 0.272 e. The lowest BCUT2D eigenvalue weighted by atomic mass is 9.69. The van der Waals surface area contributed by atoms with Crippen LogP contribution in [0, 0.1) is 0 Å². The first-order valence-corrected chi connectivity index (χ1v) is 8.13. The molecule has 5 rings (SSSR count). The van der Waals surface area contributed by atoms with E-state index in [9.17, 15) is 30.0 Å². The second kappa shape index (κ2) is 4.16. The van der Waals surface area contributed by atoms with Crippen molar-refractivity contribution in [2.45, 2.75) is 54.9 Å². The van der Waals surface area contributed by atoms with Crippen molar-refractivity contribution in [1.82, 2.24) is 0 Å². The largest absolute Gasteiger partial charge is 0.507 e. The lowest BCUT2D eigenvalue weighted by Crippen LogP contribution is -2.68. The number of rotatable bonds is 0. The number of aromatic hydroxyl groups is 1. The summed E-state index contributed by atoms with van der Waals surface area (Å²) in [5.41, 5.74) is -6.63. The third-order valence-corrected chi connectivity index (χ3v) is 6.25. The summed E-state index contributed by atoms with van der Waals surface area (Å²) in [7, 11) is 0. The van der Waals surface area contributed by atoms with Crippen LogP contribution in [0.2, 0.25) is 0 Å². The Morgan fingerprint density at radius 2 is 1.81 bits per heavy atom. The first-order chi connectivity index (χ1) is 12.1. The van der Waals surface area contributed by atoms with E-state index in [-0.39, 0.29) is 5.56 Å². The normalized spacial score (nSPS) is 51.3. The Morgan fingerprint density at radius 1 is 1.15 bits per heavy atom. The van der Waals surface area contributed by atoms with E-state index in [2.05, 4.69) is 0 Å². The molecule has 4 aliphatic rings. The molecule has 3 saturated heterocycles. The summed E-state index contributed by atoms with van der Waals surface area (Å²) in [5, 5.41) is 42.5. The van der Waals surface area contributed by atoms with E-state index in [1.165, 1.54) is 25.1 Å². The maximum absolute atomic E-state index is 13.1. The standard InChI is InChI=1S/C17H16O9/c1-6-16(25-6)13(21)24-12-14(16,2)26-17(23)11(20)9-7(4-3-5-8(9)18)10(19)15(12,17)22/h3-6,12-13,18,21-23H,1-2H3/t6-,12+,13+,14+,15-,16+,17-/m1/s1. The Morgan fingerprint density at radius 3 is 2.42 bits per heavy atom. The molecular formula is C17H16O9. The molecule has 1 aliphatic carbocycles. The van der Waals surface area contributed by atoms with Crippen LogP contribution in [0.25, 0.3) is 0 Å². The van der Waals surface area contributed by atoms with E-state index in [0.29, 0.717) is 0 Å². The molecule has 3 aliphatic heterocycles. The average Bonchev–Trinajstić information content (AvgIpc) is 3.18. The van der Waals surface area contributed by atoms with Crippen molar-refractivity contribution >= 4 is 11.6 Å². The van der Waals surface area contributed by atoms with Crippen LogP contribution in [-0.2, 0) is 14.2 Å². The van der Waals surface area contributed by atoms with Gasteiger partial charge in [0.25, 0.3) is 5.79 Å². The van der Waals surface area contributed by atoms with Gasteiger partial charge in [-0.1, -0.05) is 12.1 Å². The van der Waals surface area contributed by atoms with Gasteiger partial charge >= 0.3 is 0 Å². The highest BCUT2D eigenvalue weighted by molar-refractivity contribution is 6.23. The van der Waals surface area contributed by atoms with Crippen LogP contribution < -0.4 is 0 Å². The fourth-order valence-electron chi connectivity index (χ4n) is 4.88. The number of hydrogen-bond donors (Lipinski definition) is 4. The Kier molecular flexibility index (Phi) is 2.61. The summed E-state index contributed by atoms with van der Waals surface area (Å²) in [4.78, 5) is 26.0. The van der Waals surface area contributed by atoms with Crippen LogP contribution >= 0.6 is 0 Å². The predicted octanol–water partition coefficient (Wildman–Crippen LogP) is -1.15. The van der Waals surface area contributed by atoms with Crippen molar-refractivity contribution < 1.29 is 44.2 Å². The predicted molar refractivity (Wildman–Crippen MR) is 80.3 cm³/mol. The number of fused-ring (bicyclic) bond motifs is 5. The van der Waals surface area contributed by atoms with Crippen LogP contribution in [-0.4, -0.2) is 73.1 Å². The van der Waals surface area contributed by atoms with Crippen LogP contribution in [0.5, 0.6) is 5.75 Å². The van der Waals surface area contributed by atoms with Gasteiger partial charge in [0, 0.05) is 5.56 Å². The Labute approximate surface area is 146 Å². The minimum Gasteiger partial charge on any atom is -0.507 e. The number of Topliss-reactive ketones (excluding diaryl/α,β-unsaturated/α-hetero) is 2. The molecule has 1 spiro atoms. The van der Waals surface area contributed by atoms with Crippen molar-refractivity contribution in [3.63, 3.8) is 0 Å². The zero-order chi connectivity index (χ0) is 18.9. The quantitative estimate of drug-likeness (QED) is 0.419. The molecule has 9 nitrogen and oxygen atoms in total. The Hall–Kier alpha value is -1.88. The molecule has 0 bridgehead atoms. The van der Waals surface area contributed by atoms with Gasteiger partial charge in [-0.2, -0.15) is 0 Å². The molecule has 7 atom stereocenters. The lowest BCUT2D eigenvalue weighted by molar-refractivity contribution is -0.256. The molecule has 0 saturated carbocycles. The maximum Gasteiger partial charge on any atom is 0.272 e. The summed E-state index contributed by atoms with van der Waals surface area (Å²) >= 11 is 0. The van der Waals surface area contributed by atoms with Gasteiger partial charge in [-0.3, -0.25) is 9.59 Å². The van der Waals surface area contributed by atoms with Crippen molar-refractivity contribution in [3.05, 3.63) is 29.3 Å². The first-order valence-electron chi connectivity index (χ1n) is 8.13. The molecule has 3 heterocycles. The van der Waals surface area contributed by atoms with Crippen molar-refractivity contribution in [2.24, 2.45) is 0 Å². The van der Waals surface area contributed by atoms with Crippen molar-refractivity contribution in [3.8, 4) is 5.75 Å². The van der Waals surface area contributed by atoms with E-state index in [0.717, 1.165) is 0 Å². The maximum atomic E-state index is 13.1. The SMILES string of the molecule is C[C@H]1O[C@]12[C@@H](O)O[C@H]1[C@]2(C)O[C@]2(O)C(=O)c3c(O)cccc3C(=O)[C@@]12O. The Bertz CT molecular complexity index is 898. The number of ether oxygens (including phenoxy) is 3. The molecule has 0 radical (unpaired) electrons. The fourth-order valence-corrected chi connectivity index (χ4v) is 4.88. The second-order valence-corrected chi connectivity index (χ2v) is 7.40.